The summed E-state index contributed by atoms with van der Waals surface area (Å²) in [6.07, 6.45) is 0.341. The Morgan fingerprint density at radius 3 is 2.96 bits per heavy atom. The van der Waals surface area contributed by atoms with Crippen molar-refractivity contribution in [2.45, 2.75) is 19.9 Å². The summed E-state index contributed by atoms with van der Waals surface area (Å²) >= 11 is 0. The number of carbonyl (C=O) groups excluding carboxylic acids is 2. The Balaban J connectivity index is 1.69. The highest BCUT2D eigenvalue weighted by molar-refractivity contribution is 5.94. The molecular weight excluding hydrogens is 292 g/mol. The molecule has 0 aromatic heterocycles. The van der Waals surface area contributed by atoms with Crippen LogP contribution in [0.25, 0.3) is 0 Å². The standard InChI is InChI=1S/C18H18N2O3/c1-12-3-2-4-14(9-12)18(22)19-11-13-5-6-16-15(10-13)20-17(21)7-8-23-16/h2-6,9-10H,7-8,11H2,1H3,(H,19,22)(H,20,21). The van der Waals surface area contributed by atoms with Crippen LogP contribution in [0.2, 0.25) is 0 Å². The number of amides is 2. The van der Waals surface area contributed by atoms with E-state index in [1.807, 2.05) is 43.3 Å². The molecule has 2 aromatic rings. The number of nitrogens with one attached hydrogen (secondary N) is 2. The molecule has 0 atom stereocenters. The van der Waals surface area contributed by atoms with E-state index in [4.69, 9.17) is 4.74 Å². The molecule has 1 aliphatic heterocycles. The van der Waals surface area contributed by atoms with E-state index in [2.05, 4.69) is 10.6 Å². The lowest BCUT2D eigenvalue weighted by Crippen LogP contribution is -2.22. The van der Waals surface area contributed by atoms with Gasteiger partial charge in [-0.15, -0.1) is 0 Å². The van der Waals surface area contributed by atoms with Gasteiger partial charge in [-0.1, -0.05) is 23.8 Å². The first-order chi connectivity index (χ1) is 11.1. The van der Waals surface area contributed by atoms with E-state index >= 15 is 0 Å². The first-order valence-corrected chi connectivity index (χ1v) is 7.52. The zero-order valence-electron chi connectivity index (χ0n) is 12.9. The fourth-order valence-electron chi connectivity index (χ4n) is 2.45. The quantitative estimate of drug-likeness (QED) is 0.916. The average molecular weight is 310 g/mol. The molecule has 2 amide bonds. The summed E-state index contributed by atoms with van der Waals surface area (Å²) in [7, 11) is 0. The van der Waals surface area contributed by atoms with Gasteiger partial charge in [0.25, 0.3) is 5.91 Å². The molecule has 0 radical (unpaired) electrons. The second-order valence-electron chi connectivity index (χ2n) is 5.53. The van der Waals surface area contributed by atoms with Crippen molar-refractivity contribution >= 4 is 17.5 Å². The monoisotopic (exact) mass is 310 g/mol. The number of benzene rings is 2. The summed E-state index contributed by atoms with van der Waals surface area (Å²) in [5.41, 5.74) is 3.23. The third-order valence-electron chi connectivity index (χ3n) is 3.64. The van der Waals surface area contributed by atoms with E-state index < -0.39 is 0 Å². The molecule has 0 fully saturated rings. The Kier molecular flexibility index (Phi) is 4.28. The van der Waals surface area contributed by atoms with Crippen molar-refractivity contribution in [2.75, 3.05) is 11.9 Å². The van der Waals surface area contributed by atoms with E-state index in [-0.39, 0.29) is 11.8 Å². The van der Waals surface area contributed by atoms with Gasteiger partial charge in [0, 0.05) is 12.1 Å². The molecule has 0 saturated carbocycles. The summed E-state index contributed by atoms with van der Waals surface area (Å²) in [6, 6.07) is 13.0. The Bertz CT molecular complexity index is 756. The zero-order valence-corrected chi connectivity index (χ0v) is 12.9. The number of hydrogen-bond donors (Lipinski definition) is 2. The number of fused-ring (bicyclic) bond motifs is 1. The van der Waals surface area contributed by atoms with Crippen LogP contribution in [0.15, 0.2) is 42.5 Å². The Morgan fingerprint density at radius 1 is 1.26 bits per heavy atom. The number of hydrogen-bond acceptors (Lipinski definition) is 3. The number of aryl methyl sites for hydroxylation is 1. The number of carbonyl (C=O) groups is 2. The molecule has 0 unspecified atom stereocenters. The molecule has 118 valence electrons. The predicted octanol–water partition coefficient (Wildman–Crippen LogP) is 2.65. The lowest BCUT2D eigenvalue weighted by Gasteiger charge is -2.10. The van der Waals surface area contributed by atoms with Crippen LogP contribution in [0.5, 0.6) is 5.75 Å². The normalized spacial score (nSPS) is 13.3. The Labute approximate surface area is 134 Å². The summed E-state index contributed by atoms with van der Waals surface area (Å²) in [4.78, 5) is 23.7. The molecule has 0 spiro atoms. The predicted molar refractivity (Wildman–Crippen MR) is 87.5 cm³/mol. The highest BCUT2D eigenvalue weighted by Crippen LogP contribution is 2.28. The Morgan fingerprint density at radius 2 is 2.13 bits per heavy atom. The van der Waals surface area contributed by atoms with E-state index in [0.717, 1.165) is 11.1 Å². The topological polar surface area (TPSA) is 67.4 Å². The van der Waals surface area contributed by atoms with Gasteiger partial charge in [0.05, 0.1) is 18.7 Å². The van der Waals surface area contributed by atoms with Crippen LogP contribution in [0.3, 0.4) is 0 Å². The van der Waals surface area contributed by atoms with E-state index in [9.17, 15) is 9.59 Å². The Hall–Kier alpha value is -2.82. The second-order valence-corrected chi connectivity index (χ2v) is 5.53. The van der Waals surface area contributed by atoms with Gasteiger partial charge in [0.2, 0.25) is 5.91 Å². The summed E-state index contributed by atoms with van der Waals surface area (Å²) in [5.74, 6) is 0.471. The zero-order chi connectivity index (χ0) is 16.2. The summed E-state index contributed by atoms with van der Waals surface area (Å²) in [5, 5.41) is 5.70. The number of ether oxygens (including phenoxy) is 1. The molecule has 0 aliphatic carbocycles. The van der Waals surface area contributed by atoms with E-state index in [1.165, 1.54) is 0 Å². The molecule has 0 saturated heterocycles. The van der Waals surface area contributed by atoms with Gasteiger partial charge >= 0.3 is 0 Å². The minimum Gasteiger partial charge on any atom is -0.491 e. The first kappa shape index (κ1) is 15.1. The van der Waals surface area contributed by atoms with Gasteiger partial charge in [0.15, 0.2) is 0 Å². The van der Waals surface area contributed by atoms with Crippen LogP contribution < -0.4 is 15.4 Å². The largest absolute Gasteiger partial charge is 0.491 e. The minimum absolute atomic E-state index is 0.0651. The third kappa shape index (κ3) is 3.69. The molecule has 0 bridgehead atoms. The molecule has 5 heteroatoms. The van der Waals surface area contributed by atoms with Crippen LogP contribution in [-0.4, -0.2) is 18.4 Å². The van der Waals surface area contributed by atoms with E-state index in [1.54, 1.807) is 6.07 Å². The molecule has 2 N–H and O–H groups in total. The fraction of sp³-hybridized carbons (Fsp3) is 0.222. The molecule has 1 aliphatic rings. The van der Waals surface area contributed by atoms with Gasteiger partial charge in [-0.25, -0.2) is 0 Å². The molecule has 5 nitrogen and oxygen atoms in total. The van der Waals surface area contributed by atoms with Crippen molar-refractivity contribution in [3.8, 4) is 5.75 Å². The summed E-state index contributed by atoms with van der Waals surface area (Å²) < 4.78 is 5.51. The first-order valence-electron chi connectivity index (χ1n) is 7.52. The third-order valence-corrected chi connectivity index (χ3v) is 3.64. The molecule has 1 heterocycles. The van der Waals surface area contributed by atoms with Gasteiger partial charge in [-0.2, -0.15) is 0 Å². The highest BCUT2D eigenvalue weighted by Gasteiger charge is 2.14. The van der Waals surface area contributed by atoms with Crippen molar-refractivity contribution in [1.29, 1.82) is 0 Å². The van der Waals surface area contributed by atoms with Crippen molar-refractivity contribution in [3.63, 3.8) is 0 Å². The minimum atomic E-state index is -0.121. The van der Waals surface area contributed by atoms with Gasteiger partial charge in [0.1, 0.15) is 5.75 Å². The van der Waals surface area contributed by atoms with Gasteiger partial charge in [-0.05, 0) is 36.8 Å². The van der Waals surface area contributed by atoms with Gasteiger partial charge < -0.3 is 15.4 Å². The fourth-order valence-corrected chi connectivity index (χ4v) is 2.45. The lowest BCUT2D eigenvalue weighted by molar-refractivity contribution is -0.116. The maximum absolute atomic E-state index is 12.2. The molecule has 2 aromatic carbocycles. The number of rotatable bonds is 3. The highest BCUT2D eigenvalue weighted by atomic mass is 16.5. The number of anilines is 1. The van der Waals surface area contributed by atoms with Crippen molar-refractivity contribution < 1.29 is 14.3 Å². The van der Waals surface area contributed by atoms with Crippen LogP contribution in [0.4, 0.5) is 5.69 Å². The molecule has 3 rings (SSSR count). The van der Waals surface area contributed by atoms with Crippen LogP contribution >= 0.6 is 0 Å². The van der Waals surface area contributed by atoms with Crippen molar-refractivity contribution in [2.24, 2.45) is 0 Å². The van der Waals surface area contributed by atoms with Crippen LogP contribution in [0.1, 0.15) is 27.9 Å². The van der Waals surface area contributed by atoms with Gasteiger partial charge in [-0.3, -0.25) is 9.59 Å². The lowest BCUT2D eigenvalue weighted by atomic mass is 10.1. The maximum Gasteiger partial charge on any atom is 0.251 e. The van der Waals surface area contributed by atoms with Crippen LogP contribution in [0, 0.1) is 6.92 Å². The second kappa shape index (κ2) is 6.52. The maximum atomic E-state index is 12.2. The smallest absolute Gasteiger partial charge is 0.251 e. The molecule has 23 heavy (non-hydrogen) atoms. The van der Waals surface area contributed by atoms with Crippen molar-refractivity contribution in [1.82, 2.24) is 5.32 Å². The van der Waals surface area contributed by atoms with Crippen LogP contribution in [-0.2, 0) is 11.3 Å². The van der Waals surface area contributed by atoms with Crippen molar-refractivity contribution in [3.05, 3.63) is 59.2 Å². The van der Waals surface area contributed by atoms with E-state index in [0.29, 0.717) is 36.6 Å². The SMILES string of the molecule is Cc1cccc(C(=O)NCc2ccc3c(c2)NC(=O)CCO3)c1. The molecular formula is C18H18N2O3. The summed E-state index contributed by atoms with van der Waals surface area (Å²) in [6.45, 7) is 2.71. The average Bonchev–Trinajstić information content (AvgIpc) is 2.72.